The molecule has 3 heteroatoms. The number of rotatable bonds is 0. The summed E-state index contributed by atoms with van der Waals surface area (Å²) < 4.78 is 12.7. The third-order valence-corrected chi connectivity index (χ3v) is 4.82. The molecule has 1 N–H and O–H groups in total. The van der Waals surface area contributed by atoms with Crippen LogP contribution in [0.2, 0.25) is 0 Å². The van der Waals surface area contributed by atoms with Crippen molar-refractivity contribution in [2.24, 2.45) is 0 Å². The molecule has 114 valence electrons. The van der Waals surface area contributed by atoms with Gasteiger partial charge in [0.05, 0.1) is 0 Å². The molecule has 0 aromatic heterocycles. The predicted molar refractivity (Wildman–Crippen MR) is 88.3 cm³/mol. The molecule has 0 bridgehead atoms. The Morgan fingerprint density at radius 3 is 2.35 bits per heavy atom. The molecule has 0 saturated heterocycles. The molecule has 1 spiro atoms. The van der Waals surface area contributed by atoms with Crippen LogP contribution in [0.15, 0.2) is 53.6 Å². The SMILES string of the molecule is Oc1ccc2c(c1)OC13Oc4ccccc4C=C1CCCC3=C2. The van der Waals surface area contributed by atoms with E-state index in [1.165, 1.54) is 0 Å². The Bertz CT molecular complexity index is 878. The summed E-state index contributed by atoms with van der Waals surface area (Å²) in [5, 5.41) is 9.78. The predicted octanol–water partition coefficient (Wildman–Crippen LogP) is 4.52. The topological polar surface area (TPSA) is 38.7 Å². The Kier molecular flexibility index (Phi) is 2.46. The summed E-state index contributed by atoms with van der Waals surface area (Å²) in [6.07, 6.45) is 7.36. The second-order valence-electron chi connectivity index (χ2n) is 6.27. The van der Waals surface area contributed by atoms with Gasteiger partial charge in [0.25, 0.3) is 5.79 Å². The van der Waals surface area contributed by atoms with Crippen LogP contribution >= 0.6 is 0 Å². The smallest absolute Gasteiger partial charge is 0.297 e. The molecule has 1 unspecified atom stereocenters. The molecular weight excluding hydrogens is 288 g/mol. The summed E-state index contributed by atoms with van der Waals surface area (Å²) >= 11 is 0. The van der Waals surface area contributed by atoms with Gasteiger partial charge >= 0.3 is 0 Å². The van der Waals surface area contributed by atoms with Gasteiger partial charge in [-0.15, -0.1) is 0 Å². The number of hydrogen-bond acceptors (Lipinski definition) is 3. The number of phenols is 1. The van der Waals surface area contributed by atoms with Crippen molar-refractivity contribution in [2.45, 2.75) is 25.0 Å². The maximum atomic E-state index is 9.78. The van der Waals surface area contributed by atoms with Crippen molar-refractivity contribution in [3.63, 3.8) is 0 Å². The molecule has 1 aliphatic carbocycles. The van der Waals surface area contributed by atoms with E-state index >= 15 is 0 Å². The number of phenolic OH excluding ortho intramolecular Hbond substituents is 1. The second kappa shape index (κ2) is 4.42. The average Bonchev–Trinajstić information content (AvgIpc) is 2.56. The molecule has 5 rings (SSSR count). The Hall–Kier alpha value is -2.68. The van der Waals surface area contributed by atoms with Crippen LogP contribution in [-0.4, -0.2) is 10.9 Å². The van der Waals surface area contributed by atoms with Gasteiger partial charge in [0, 0.05) is 28.3 Å². The zero-order chi connectivity index (χ0) is 15.4. The van der Waals surface area contributed by atoms with Crippen molar-refractivity contribution in [1.29, 1.82) is 0 Å². The van der Waals surface area contributed by atoms with Gasteiger partial charge in [-0.3, -0.25) is 0 Å². The summed E-state index contributed by atoms with van der Waals surface area (Å²) in [6.45, 7) is 0. The molecule has 1 fully saturated rings. The summed E-state index contributed by atoms with van der Waals surface area (Å²) in [6, 6.07) is 13.3. The quantitative estimate of drug-likeness (QED) is 0.777. The van der Waals surface area contributed by atoms with E-state index in [-0.39, 0.29) is 5.75 Å². The highest BCUT2D eigenvalue weighted by atomic mass is 16.7. The van der Waals surface area contributed by atoms with E-state index in [9.17, 15) is 5.11 Å². The summed E-state index contributed by atoms with van der Waals surface area (Å²) in [7, 11) is 0. The zero-order valence-electron chi connectivity index (χ0n) is 12.6. The first-order valence-corrected chi connectivity index (χ1v) is 7.97. The Morgan fingerprint density at radius 2 is 1.52 bits per heavy atom. The van der Waals surface area contributed by atoms with Crippen LogP contribution < -0.4 is 9.47 Å². The molecule has 2 heterocycles. The molecule has 1 saturated carbocycles. The normalized spacial score (nSPS) is 23.8. The largest absolute Gasteiger partial charge is 0.508 e. The minimum atomic E-state index is -0.840. The van der Waals surface area contributed by atoms with E-state index in [1.807, 2.05) is 24.3 Å². The van der Waals surface area contributed by atoms with Crippen LogP contribution in [0.1, 0.15) is 30.4 Å². The lowest BCUT2D eigenvalue weighted by Crippen LogP contribution is -2.50. The first-order chi connectivity index (χ1) is 11.2. The van der Waals surface area contributed by atoms with Crippen LogP contribution in [0, 0.1) is 0 Å². The molecule has 2 aromatic rings. The van der Waals surface area contributed by atoms with Crippen LogP contribution in [-0.2, 0) is 0 Å². The van der Waals surface area contributed by atoms with Crippen molar-refractivity contribution in [1.82, 2.24) is 0 Å². The van der Waals surface area contributed by atoms with E-state index in [0.717, 1.165) is 47.3 Å². The van der Waals surface area contributed by atoms with Gasteiger partial charge in [0.2, 0.25) is 0 Å². The summed E-state index contributed by atoms with van der Waals surface area (Å²) in [5.41, 5.74) is 4.40. The lowest BCUT2D eigenvalue weighted by molar-refractivity contribution is -0.0620. The van der Waals surface area contributed by atoms with Gasteiger partial charge in [0.15, 0.2) is 0 Å². The summed E-state index contributed by atoms with van der Waals surface area (Å²) in [4.78, 5) is 0. The molecule has 3 nitrogen and oxygen atoms in total. The van der Waals surface area contributed by atoms with Crippen molar-refractivity contribution >= 4 is 12.2 Å². The van der Waals surface area contributed by atoms with Gasteiger partial charge in [-0.25, -0.2) is 0 Å². The third kappa shape index (κ3) is 1.76. The maximum Gasteiger partial charge on any atom is 0.297 e. The first-order valence-electron chi connectivity index (χ1n) is 7.97. The van der Waals surface area contributed by atoms with E-state index in [2.05, 4.69) is 18.2 Å². The van der Waals surface area contributed by atoms with Crippen molar-refractivity contribution in [3.8, 4) is 17.2 Å². The number of aromatic hydroxyl groups is 1. The number of hydrogen-bond donors (Lipinski definition) is 1. The third-order valence-electron chi connectivity index (χ3n) is 4.82. The summed E-state index contributed by atoms with van der Waals surface area (Å²) in [5.74, 6) is 0.871. The van der Waals surface area contributed by atoms with Gasteiger partial charge in [-0.2, -0.15) is 0 Å². The van der Waals surface area contributed by atoms with Crippen molar-refractivity contribution in [2.75, 3.05) is 0 Å². The molecule has 0 amide bonds. The molecule has 2 aromatic carbocycles. The van der Waals surface area contributed by atoms with Crippen molar-refractivity contribution < 1.29 is 14.6 Å². The first kappa shape index (κ1) is 12.8. The van der Waals surface area contributed by atoms with Gasteiger partial charge < -0.3 is 14.6 Å². The fourth-order valence-electron chi connectivity index (χ4n) is 3.73. The molecular formula is C20H16O3. The Morgan fingerprint density at radius 1 is 0.826 bits per heavy atom. The minimum absolute atomic E-state index is 0.203. The zero-order valence-corrected chi connectivity index (χ0v) is 12.6. The minimum Gasteiger partial charge on any atom is -0.508 e. The molecule has 1 atom stereocenters. The highest BCUT2D eigenvalue weighted by molar-refractivity contribution is 5.72. The molecule has 0 radical (unpaired) electrons. The van der Waals surface area contributed by atoms with Crippen LogP contribution in [0.3, 0.4) is 0 Å². The van der Waals surface area contributed by atoms with E-state index in [1.54, 1.807) is 12.1 Å². The monoisotopic (exact) mass is 304 g/mol. The van der Waals surface area contributed by atoms with Crippen LogP contribution in [0.5, 0.6) is 17.2 Å². The number of ether oxygens (including phenoxy) is 2. The average molecular weight is 304 g/mol. The molecule has 2 aliphatic heterocycles. The number of fused-ring (bicyclic) bond motifs is 2. The standard InChI is InChI=1S/C20H16O3/c21-17-9-8-14-11-16-6-3-5-15-10-13-4-1-2-7-18(13)22-20(15,16)23-19(14)12-17/h1-2,4,7-12,21H,3,5-6H2. The maximum absolute atomic E-state index is 9.78. The van der Waals surface area contributed by atoms with Crippen LogP contribution in [0.4, 0.5) is 0 Å². The lowest BCUT2D eigenvalue weighted by atomic mass is 9.79. The molecule has 23 heavy (non-hydrogen) atoms. The van der Waals surface area contributed by atoms with E-state index < -0.39 is 5.79 Å². The fraction of sp³-hybridized carbons (Fsp3) is 0.200. The van der Waals surface area contributed by atoms with Gasteiger partial charge in [-0.1, -0.05) is 18.2 Å². The second-order valence-corrected chi connectivity index (χ2v) is 6.27. The number of para-hydroxylation sites is 1. The molecule has 3 aliphatic rings. The van der Waals surface area contributed by atoms with Gasteiger partial charge in [-0.05, 0) is 49.6 Å². The van der Waals surface area contributed by atoms with Gasteiger partial charge in [0.1, 0.15) is 17.2 Å². The Labute approximate surface area is 134 Å². The lowest BCUT2D eigenvalue weighted by Gasteiger charge is -2.45. The van der Waals surface area contributed by atoms with Crippen molar-refractivity contribution in [3.05, 3.63) is 64.7 Å². The number of benzene rings is 2. The fourth-order valence-corrected chi connectivity index (χ4v) is 3.73. The van der Waals surface area contributed by atoms with E-state index in [0.29, 0.717) is 5.75 Å². The highest BCUT2D eigenvalue weighted by Crippen LogP contribution is 2.51. The van der Waals surface area contributed by atoms with Crippen LogP contribution in [0.25, 0.3) is 12.2 Å². The highest BCUT2D eigenvalue weighted by Gasteiger charge is 2.49. The van der Waals surface area contributed by atoms with E-state index in [4.69, 9.17) is 9.47 Å². The Balaban J connectivity index is 1.71.